The smallest absolute Gasteiger partial charge is 0.417 e. The summed E-state index contributed by atoms with van der Waals surface area (Å²) in [6.45, 7) is 1.13. The summed E-state index contributed by atoms with van der Waals surface area (Å²) in [6, 6.07) is 6.65. The number of halogens is 3. The van der Waals surface area contributed by atoms with Crippen molar-refractivity contribution in [3.63, 3.8) is 0 Å². The summed E-state index contributed by atoms with van der Waals surface area (Å²) in [4.78, 5) is 25.8. The lowest BCUT2D eigenvalue weighted by Gasteiger charge is -2.12. The summed E-state index contributed by atoms with van der Waals surface area (Å²) in [5, 5.41) is 2.19. The van der Waals surface area contributed by atoms with Gasteiger partial charge in [-0.25, -0.2) is 0 Å². The van der Waals surface area contributed by atoms with Crippen LogP contribution in [0.25, 0.3) is 0 Å². The van der Waals surface area contributed by atoms with Crippen molar-refractivity contribution in [2.75, 3.05) is 18.5 Å². The van der Waals surface area contributed by atoms with Crippen molar-refractivity contribution in [2.24, 2.45) is 0 Å². The Balaban J connectivity index is 1.65. The topological polar surface area (TPSA) is 80.4 Å². The lowest BCUT2D eigenvalue weighted by atomic mass is 10.2. The van der Waals surface area contributed by atoms with E-state index in [4.69, 9.17) is 9.47 Å². The van der Waals surface area contributed by atoms with E-state index >= 15 is 0 Å². The third-order valence-corrected chi connectivity index (χ3v) is 4.06. The van der Waals surface area contributed by atoms with Crippen molar-refractivity contribution < 1.29 is 27.4 Å². The quantitative estimate of drug-likeness (QED) is 0.832. The van der Waals surface area contributed by atoms with Crippen molar-refractivity contribution in [3.05, 3.63) is 58.0 Å². The Morgan fingerprint density at radius 3 is 2.67 bits per heavy atom. The number of H-pyrrole nitrogens is 1. The molecule has 1 aliphatic heterocycles. The number of aromatic amines is 1. The lowest BCUT2D eigenvalue weighted by molar-refractivity contribution is -0.137. The molecule has 0 saturated carbocycles. The summed E-state index contributed by atoms with van der Waals surface area (Å²) >= 11 is 0. The number of aromatic nitrogens is 1. The highest BCUT2D eigenvalue weighted by Gasteiger charge is 2.31. The van der Waals surface area contributed by atoms with Gasteiger partial charge in [-0.15, -0.1) is 0 Å². The zero-order valence-electron chi connectivity index (χ0n) is 14.1. The van der Waals surface area contributed by atoms with E-state index in [0.717, 1.165) is 19.4 Å². The van der Waals surface area contributed by atoms with Crippen molar-refractivity contribution in [1.29, 1.82) is 0 Å². The number of ether oxygens (including phenoxy) is 2. The van der Waals surface area contributed by atoms with Gasteiger partial charge in [0.1, 0.15) is 18.0 Å². The van der Waals surface area contributed by atoms with Crippen molar-refractivity contribution in [2.45, 2.75) is 25.1 Å². The molecule has 2 N–H and O–H groups in total. The molecule has 9 heteroatoms. The molecule has 6 nitrogen and oxygen atoms in total. The monoisotopic (exact) mass is 382 g/mol. The number of pyridine rings is 1. The molecule has 3 rings (SSSR count). The van der Waals surface area contributed by atoms with Gasteiger partial charge in [0.2, 0.25) is 0 Å². The molecule has 0 spiro atoms. The minimum absolute atomic E-state index is 0.0561. The van der Waals surface area contributed by atoms with E-state index < -0.39 is 28.9 Å². The number of carbonyl (C=O) groups excluding carboxylic acids is 1. The van der Waals surface area contributed by atoms with E-state index in [-0.39, 0.29) is 11.7 Å². The second-order valence-electron chi connectivity index (χ2n) is 6.05. The normalized spacial score (nSPS) is 16.9. The second-order valence-corrected chi connectivity index (χ2v) is 6.05. The highest BCUT2D eigenvalue weighted by Crippen LogP contribution is 2.29. The molecule has 1 amide bonds. The highest BCUT2D eigenvalue weighted by atomic mass is 19.4. The second kappa shape index (κ2) is 7.83. The molecule has 144 valence electrons. The van der Waals surface area contributed by atoms with Crippen LogP contribution in [0.4, 0.5) is 18.9 Å². The van der Waals surface area contributed by atoms with Crippen LogP contribution in [-0.4, -0.2) is 30.2 Å². The number of alkyl halides is 3. The first kappa shape index (κ1) is 19.0. The molecule has 1 aromatic carbocycles. The zero-order valence-corrected chi connectivity index (χ0v) is 14.1. The molecule has 0 bridgehead atoms. The molecule has 27 heavy (non-hydrogen) atoms. The van der Waals surface area contributed by atoms with Crippen molar-refractivity contribution in [3.8, 4) is 5.75 Å². The predicted molar refractivity (Wildman–Crippen MR) is 90.9 cm³/mol. The number of nitrogens with one attached hydrogen (secondary N) is 2. The molecule has 1 atom stereocenters. The average molecular weight is 382 g/mol. The fourth-order valence-electron chi connectivity index (χ4n) is 2.60. The van der Waals surface area contributed by atoms with Crippen LogP contribution < -0.4 is 15.6 Å². The molecule has 1 saturated heterocycles. The van der Waals surface area contributed by atoms with Crippen LogP contribution in [0.5, 0.6) is 5.75 Å². The van der Waals surface area contributed by atoms with Crippen molar-refractivity contribution in [1.82, 2.24) is 4.98 Å². The first-order chi connectivity index (χ1) is 12.8. The van der Waals surface area contributed by atoms with E-state index in [0.29, 0.717) is 24.6 Å². The number of rotatable bonds is 5. The Labute approximate surface area is 152 Å². The van der Waals surface area contributed by atoms with Gasteiger partial charge >= 0.3 is 6.18 Å². The predicted octanol–water partition coefficient (Wildman–Crippen LogP) is 3.20. The Bertz CT molecular complexity index is 856. The molecule has 0 aliphatic carbocycles. The number of anilines is 1. The Kier molecular flexibility index (Phi) is 5.50. The van der Waals surface area contributed by atoms with E-state index in [9.17, 15) is 22.8 Å². The number of hydrogen-bond acceptors (Lipinski definition) is 4. The van der Waals surface area contributed by atoms with Gasteiger partial charge in [0.15, 0.2) is 0 Å². The van der Waals surface area contributed by atoms with Crippen LogP contribution in [-0.2, 0) is 10.9 Å². The number of amides is 1. The van der Waals surface area contributed by atoms with E-state index in [1.54, 1.807) is 12.1 Å². The fourth-order valence-corrected chi connectivity index (χ4v) is 2.60. The van der Waals surface area contributed by atoms with Gasteiger partial charge in [0, 0.05) is 18.4 Å². The van der Waals surface area contributed by atoms with Crippen LogP contribution >= 0.6 is 0 Å². The van der Waals surface area contributed by atoms with Crippen molar-refractivity contribution >= 4 is 11.6 Å². The standard InChI is InChI=1S/C18H17F3N2O4/c19-18(20,21)12-8-15(17(25)22-9-12)23-16(24)11-3-5-13(6-4-11)27-10-14-2-1-7-26-14/h3-6,8-9,14H,1-2,7,10H2,(H,22,25)(H,23,24). The fraction of sp³-hybridized carbons (Fsp3) is 0.333. The summed E-state index contributed by atoms with van der Waals surface area (Å²) in [5.74, 6) is -0.163. The van der Waals surface area contributed by atoms with Crippen LogP contribution in [0.3, 0.4) is 0 Å². The number of carbonyl (C=O) groups is 1. The minimum atomic E-state index is -4.63. The maximum absolute atomic E-state index is 12.7. The van der Waals surface area contributed by atoms with Gasteiger partial charge in [-0.3, -0.25) is 9.59 Å². The van der Waals surface area contributed by atoms with E-state index in [1.807, 2.05) is 4.98 Å². The minimum Gasteiger partial charge on any atom is -0.491 e. The Morgan fingerprint density at radius 2 is 2.04 bits per heavy atom. The Morgan fingerprint density at radius 1 is 1.30 bits per heavy atom. The zero-order chi connectivity index (χ0) is 19.4. The van der Waals surface area contributed by atoms with Gasteiger partial charge in [-0.05, 0) is 43.2 Å². The molecule has 2 aromatic rings. The molecule has 1 aromatic heterocycles. The summed E-state index contributed by atoms with van der Waals surface area (Å²) in [7, 11) is 0. The van der Waals surface area contributed by atoms with Crippen LogP contribution in [0.2, 0.25) is 0 Å². The van der Waals surface area contributed by atoms with Crippen LogP contribution in [0.1, 0.15) is 28.8 Å². The van der Waals surface area contributed by atoms with Gasteiger partial charge in [0.25, 0.3) is 11.5 Å². The first-order valence-corrected chi connectivity index (χ1v) is 8.28. The molecule has 0 radical (unpaired) electrons. The van der Waals surface area contributed by atoms with Gasteiger partial charge < -0.3 is 19.8 Å². The maximum Gasteiger partial charge on any atom is 0.417 e. The average Bonchev–Trinajstić information content (AvgIpc) is 3.15. The van der Waals surface area contributed by atoms with Crippen LogP contribution in [0.15, 0.2) is 41.3 Å². The third-order valence-electron chi connectivity index (χ3n) is 4.06. The Hall–Kier alpha value is -2.81. The van der Waals surface area contributed by atoms with Gasteiger partial charge in [-0.2, -0.15) is 13.2 Å². The maximum atomic E-state index is 12.7. The van der Waals surface area contributed by atoms with Gasteiger partial charge in [0.05, 0.1) is 11.7 Å². The number of benzene rings is 1. The molecule has 1 aliphatic rings. The molecule has 2 heterocycles. The molecule has 1 fully saturated rings. The summed E-state index contributed by atoms with van der Waals surface area (Å²) in [6.07, 6.45) is -2.09. The number of hydrogen-bond donors (Lipinski definition) is 2. The highest BCUT2D eigenvalue weighted by molar-refractivity contribution is 6.04. The van der Waals surface area contributed by atoms with Crippen LogP contribution in [0, 0.1) is 0 Å². The molecule has 1 unspecified atom stereocenters. The van der Waals surface area contributed by atoms with Gasteiger partial charge in [-0.1, -0.05) is 0 Å². The molecular weight excluding hydrogens is 365 g/mol. The first-order valence-electron chi connectivity index (χ1n) is 8.28. The van der Waals surface area contributed by atoms with E-state index in [1.165, 1.54) is 12.1 Å². The summed E-state index contributed by atoms with van der Waals surface area (Å²) in [5.41, 5.74) is -2.19. The largest absolute Gasteiger partial charge is 0.491 e. The SMILES string of the molecule is O=C(Nc1cc(C(F)(F)F)c[nH]c1=O)c1ccc(OCC2CCCO2)cc1. The van der Waals surface area contributed by atoms with E-state index in [2.05, 4.69) is 5.32 Å². The molecular formula is C18H17F3N2O4. The third kappa shape index (κ3) is 4.88. The summed E-state index contributed by atoms with van der Waals surface area (Å²) < 4.78 is 49.2. The lowest BCUT2D eigenvalue weighted by Crippen LogP contribution is -2.21.